The van der Waals surface area contributed by atoms with Gasteiger partial charge in [0.05, 0.1) is 28.8 Å². The fraction of sp³-hybridized carbons (Fsp3) is 0.240. The number of amides is 1. The van der Waals surface area contributed by atoms with Crippen LogP contribution in [0.4, 0.5) is 5.69 Å². The number of carbonyl (C=O) groups excluding carboxylic acids is 1. The first-order valence-corrected chi connectivity index (χ1v) is 12.3. The Kier molecular flexibility index (Phi) is 8.00. The van der Waals surface area contributed by atoms with Gasteiger partial charge >= 0.3 is 0 Å². The number of ether oxygens (including phenoxy) is 1. The minimum atomic E-state index is -4.03. The Morgan fingerprint density at radius 2 is 1.67 bits per heavy atom. The van der Waals surface area contributed by atoms with Crippen molar-refractivity contribution < 1.29 is 17.9 Å². The molecule has 3 aromatic rings. The van der Waals surface area contributed by atoms with Crippen LogP contribution in [0, 0.1) is 6.92 Å². The Balaban J connectivity index is 1.90. The maximum absolute atomic E-state index is 13.5. The lowest BCUT2D eigenvalue weighted by Gasteiger charge is -2.26. The zero-order valence-corrected chi connectivity index (χ0v) is 20.4. The molecule has 0 saturated carbocycles. The van der Waals surface area contributed by atoms with Gasteiger partial charge in [-0.2, -0.15) is 0 Å². The molecule has 0 saturated heterocycles. The molecule has 3 aromatic carbocycles. The van der Waals surface area contributed by atoms with Gasteiger partial charge in [0.15, 0.2) is 0 Å². The minimum Gasteiger partial charge on any atom is -0.497 e. The Morgan fingerprint density at radius 3 is 2.24 bits per heavy atom. The Bertz CT molecular complexity index is 1200. The molecule has 0 bridgehead atoms. The second-order valence-electron chi connectivity index (χ2n) is 7.58. The predicted molar refractivity (Wildman–Crippen MR) is 131 cm³/mol. The largest absolute Gasteiger partial charge is 0.497 e. The maximum Gasteiger partial charge on any atom is 0.264 e. The highest BCUT2D eigenvalue weighted by atomic mass is 35.5. The van der Waals surface area contributed by atoms with Crippen molar-refractivity contribution in [1.29, 1.82) is 0 Å². The van der Waals surface area contributed by atoms with Crippen molar-refractivity contribution in [2.24, 2.45) is 0 Å². The van der Waals surface area contributed by atoms with Gasteiger partial charge in [-0.05, 0) is 55.3 Å². The number of carbonyl (C=O) groups is 1. The Hall–Kier alpha value is -3.03. The lowest BCUT2D eigenvalue weighted by molar-refractivity contribution is -0.120. The molecular weight excluding hydrogens is 460 g/mol. The smallest absolute Gasteiger partial charge is 0.264 e. The van der Waals surface area contributed by atoms with Crippen molar-refractivity contribution in [3.05, 3.63) is 88.9 Å². The average molecular weight is 487 g/mol. The monoisotopic (exact) mass is 486 g/mol. The van der Waals surface area contributed by atoms with E-state index in [0.717, 1.165) is 15.4 Å². The van der Waals surface area contributed by atoms with E-state index in [-0.39, 0.29) is 21.6 Å². The van der Waals surface area contributed by atoms with Crippen LogP contribution in [0.25, 0.3) is 0 Å². The van der Waals surface area contributed by atoms with E-state index in [2.05, 4.69) is 5.32 Å². The molecule has 3 rings (SSSR count). The molecular formula is C25H27ClN2O4S. The normalized spacial score (nSPS) is 12.1. The lowest BCUT2D eigenvalue weighted by Crippen LogP contribution is -2.42. The van der Waals surface area contributed by atoms with Crippen molar-refractivity contribution >= 4 is 33.2 Å². The summed E-state index contributed by atoms with van der Waals surface area (Å²) in [6, 6.07) is 20.2. The number of rotatable bonds is 9. The molecule has 8 heteroatoms. The van der Waals surface area contributed by atoms with Crippen LogP contribution in [-0.4, -0.2) is 28.0 Å². The first kappa shape index (κ1) is 24.6. The highest BCUT2D eigenvalue weighted by Crippen LogP contribution is 2.30. The van der Waals surface area contributed by atoms with Crippen LogP contribution in [0.5, 0.6) is 5.75 Å². The summed E-state index contributed by atoms with van der Waals surface area (Å²) in [5.41, 5.74) is 2.07. The van der Waals surface area contributed by atoms with Crippen LogP contribution >= 0.6 is 11.6 Å². The van der Waals surface area contributed by atoms with Gasteiger partial charge in [0, 0.05) is 0 Å². The first-order valence-electron chi connectivity index (χ1n) is 10.5. The zero-order valence-electron chi connectivity index (χ0n) is 18.8. The molecule has 6 nitrogen and oxygen atoms in total. The third-order valence-electron chi connectivity index (χ3n) is 5.28. The van der Waals surface area contributed by atoms with E-state index in [0.29, 0.717) is 12.2 Å². The topological polar surface area (TPSA) is 75.7 Å². The maximum atomic E-state index is 13.5. The van der Waals surface area contributed by atoms with Crippen molar-refractivity contribution in [3.63, 3.8) is 0 Å². The molecule has 0 fully saturated rings. The summed E-state index contributed by atoms with van der Waals surface area (Å²) in [4.78, 5) is 13.1. The number of sulfonamides is 1. The molecule has 1 N–H and O–H groups in total. The van der Waals surface area contributed by atoms with Crippen LogP contribution < -0.4 is 14.4 Å². The number of anilines is 1. The third-order valence-corrected chi connectivity index (χ3v) is 7.37. The van der Waals surface area contributed by atoms with E-state index in [4.69, 9.17) is 16.3 Å². The van der Waals surface area contributed by atoms with E-state index in [1.54, 1.807) is 43.5 Å². The number of nitrogens with zero attached hydrogens (tertiary/aromatic N) is 1. The summed E-state index contributed by atoms with van der Waals surface area (Å²) in [7, 11) is -2.44. The lowest BCUT2D eigenvalue weighted by atomic mass is 10.0. The molecule has 0 unspecified atom stereocenters. The zero-order chi connectivity index (χ0) is 24.0. The van der Waals surface area contributed by atoms with Gasteiger partial charge in [-0.15, -0.1) is 0 Å². The van der Waals surface area contributed by atoms with Crippen LogP contribution in [0.2, 0.25) is 5.02 Å². The second kappa shape index (κ2) is 10.7. The summed E-state index contributed by atoms with van der Waals surface area (Å²) in [6.07, 6.45) is 0.634. The van der Waals surface area contributed by atoms with Crippen LogP contribution in [0.15, 0.2) is 77.7 Å². The van der Waals surface area contributed by atoms with E-state index >= 15 is 0 Å². The number of halogens is 1. The SMILES string of the molecule is CC[C@H](NC(=O)CN(c1ccccc1Cl)S(=O)(=O)c1ccc(C)cc1)c1ccc(OC)cc1. The molecule has 1 atom stereocenters. The molecule has 1 amide bonds. The standard InChI is InChI=1S/C25H27ClN2O4S/c1-4-23(19-11-13-20(32-3)14-12-19)27-25(29)17-28(24-8-6-5-7-22(24)26)33(30,31)21-15-9-18(2)10-16-21/h5-16,23H,4,17H2,1-3H3,(H,27,29)/t23-/m0/s1. The summed E-state index contributed by atoms with van der Waals surface area (Å²) in [5, 5.41) is 3.18. The Labute approximate surface area is 200 Å². The Morgan fingerprint density at radius 1 is 1.03 bits per heavy atom. The summed E-state index contributed by atoms with van der Waals surface area (Å²) < 4.78 is 33.2. The van der Waals surface area contributed by atoms with E-state index in [1.807, 2.05) is 38.1 Å². The van der Waals surface area contributed by atoms with Crippen molar-refractivity contribution in [2.75, 3.05) is 18.0 Å². The number of benzene rings is 3. The fourth-order valence-corrected chi connectivity index (χ4v) is 5.15. The van der Waals surface area contributed by atoms with Gasteiger partial charge in [-0.3, -0.25) is 9.10 Å². The molecule has 0 aliphatic carbocycles. The highest BCUT2D eigenvalue weighted by molar-refractivity contribution is 7.92. The first-order chi connectivity index (χ1) is 15.8. The molecule has 0 spiro atoms. The summed E-state index contributed by atoms with van der Waals surface area (Å²) >= 11 is 6.33. The molecule has 0 aromatic heterocycles. The number of hydrogen-bond acceptors (Lipinski definition) is 4. The fourth-order valence-electron chi connectivity index (χ4n) is 3.42. The molecule has 0 heterocycles. The van der Waals surface area contributed by atoms with Gasteiger partial charge in [-0.25, -0.2) is 8.42 Å². The quantitative estimate of drug-likeness (QED) is 0.455. The molecule has 0 radical (unpaired) electrons. The second-order valence-corrected chi connectivity index (χ2v) is 9.85. The molecule has 0 aliphatic heterocycles. The number of hydrogen-bond donors (Lipinski definition) is 1. The highest BCUT2D eigenvalue weighted by Gasteiger charge is 2.29. The van der Waals surface area contributed by atoms with Gasteiger partial charge < -0.3 is 10.1 Å². The number of aryl methyl sites for hydroxylation is 1. The summed E-state index contributed by atoms with van der Waals surface area (Å²) in [5.74, 6) is 0.280. The van der Waals surface area contributed by atoms with E-state index < -0.39 is 22.5 Å². The third kappa shape index (κ3) is 5.86. The van der Waals surface area contributed by atoms with Crippen molar-refractivity contribution in [2.45, 2.75) is 31.2 Å². The van der Waals surface area contributed by atoms with Crippen molar-refractivity contribution in [3.8, 4) is 5.75 Å². The van der Waals surface area contributed by atoms with Gasteiger partial charge in [0.2, 0.25) is 5.91 Å². The van der Waals surface area contributed by atoms with Crippen molar-refractivity contribution in [1.82, 2.24) is 5.32 Å². The van der Waals surface area contributed by atoms with Crippen LogP contribution in [-0.2, 0) is 14.8 Å². The van der Waals surface area contributed by atoms with Crippen LogP contribution in [0.3, 0.4) is 0 Å². The number of para-hydroxylation sites is 1. The van der Waals surface area contributed by atoms with Gasteiger partial charge in [0.25, 0.3) is 10.0 Å². The average Bonchev–Trinajstić information content (AvgIpc) is 2.82. The van der Waals surface area contributed by atoms with E-state index in [9.17, 15) is 13.2 Å². The van der Waals surface area contributed by atoms with Crippen LogP contribution in [0.1, 0.15) is 30.5 Å². The number of methoxy groups -OCH3 is 1. The van der Waals surface area contributed by atoms with E-state index in [1.165, 1.54) is 12.1 Å². The minimum absolute atomic E-state index is 0.0861. The molecule has 33 heavy (non-hydrogen) atoms. The number of nitrogens with one attached hydrogen (secondary N) is 1. The predicted octanol–water partition coefficient (Wildman–Crippen LogP) is 5.12. The van der Waals surface area contributed by atoms with Gasteiger partial charge in [0.1, 0.15) is 12.3 Å². The molecule has 0 aliphatic rings. The summed E-state index contributed by atoms with van der Waals surface area (Å²) in [6.45, 7) is 3.41. The van der Waals surface area contributed by atoms with Gasteiger partial charge in [-0.1, -0.05) is 60.5 Å². The molecule has 174 valence electrons.